The van der Waals surface area contributed by atoms with Gasteiger partial charge in [-0.25, -0.2) is 0 Å². The van der Waals surface area contributed by atoms with Crippen LogP contribution in [-0.2, 0) is 0 Å². The van der Waals surface area contributed by atoms with Crippen molar-refractivity contribution in [1.82, 2.24) is 0 Å². The number of unbranched alkanes of at least 4 members (excludes halogenated alkanes) is 11. The van der Waals surface area contributed by atoms with E-state index in [0.717, 1.165) is 0 Å². The maximum atomic E-state index is 2.29. The normalized spacial score (nSPS) is 11.0. The van der Waals surface area contributed by atoms with Crippen molar-refractivity contribution in [1.29, 1.82) is 0 Å². The molecule has 0 nitrogen and oxygen atoms in total. The lowest BCUT2D eigenvalue weighted by atomic mass is 10.1. The van der Waals surface area contributed by atoms with Crippen molar-refractivity contribution < 1.29 is 0 Å². The number of rotatable bonds is 12. The molecule has 0 N–H and O–H groups in total. The molecule has 0 rings (SSSR count). The molecule has 0 aromatic heterocycles. The van der Waals surface area contributed by atoms with Gasteiger partial charge in [-0.3, -0.25) is 0 Å². The van der Waals surface area contributed by atoms with Crippen molar-refractivity contribution in [3.05, 3.63) is 0 Å². The van der Waals surface area contributed by atoms with Crippen molar-refractivity contribution in [2.45, 2.75) is 90.0 Å². The van der Waals surface area contributed by atoms with E-state index in [1.54, 1.807) is 0 Å². The van der Waals surface area contributed by atoms with Crippen molar-refractivity contribution in [3.8, 4) is 0 Å². The zero-order valence-electron chi connectivity index (χ0n) is 11.2. The van der Waals surface area contributed by atoms with Gasteiger partial charge in [-0.05, 0) is 0 Å². The van der Waals surface area contributed by atoms with Gasteiger partial charge >= 0.3 is 0 Å². The van der Waals surface area contributed by atoms with Gasteiger partial charge in [-0.2, -0.15) is 0 Å². The van der Waals surface area contributed by atoms with E-state index in [1.807, 2.05) is 0 Å². The lowest BCUT2D eigenvalue weighted by molar-refractivity contribution is 0.548. The topological polar surface area (TPSA) is 0 Å². The molecule has 0 bridgehead atoms. The monoisotopic (exact) mass is 228 g/mol. The van der Waals surface area contributed by atoms with Crippen LogP contribution in [0.3, 0.4) is 0 Å². The third kappa shape index (κ3) is 14.2. The van der Waals surface area contributed by atoms with Gasteiger partial charge in [0.2, 0.25) is 0 Å². The molecular formula is C14H32Si. The van der Waals surface area contributed by atoms with Crippen LogP contribution in [0, 0.1) is 0 Å². The summed E-state index contributed by atoms with van der Waals surface area (Å²) in [6.07, 6.45) is 17.7. The fourth-order valence-electron chi connectivity index (χ4n) is 2.09. The Morgan fingerprint density at radius 1 is 0.533 bits per heavy atom. The van der Waals surface area contributed by atoms with Crippen LogP contribution in [0.1, 0.15) is 84.0 Å². The molecule has 0 amide bonds. The first-order chi connectivity index (χ1) is 7.41. The van der Waals surface area contributed by atoms with Gasteiger partial charge in [-0.1, -0.05) is 90.0 Å². The van der Waals surface area contributed by atoms with E-state index in [9.17, 15) is 0 Å². The van der Waals surface area contributed by atoms with E-state index in [0.29, 0.717) is 0 Å². The second-order valence-electron chi connectivity index (χ2n) is 4.89. The van der Waals surface area contributed by atoms with E-state index in [4.69, 9.17) is 0 Å². The summed E-state index contributed by atoms with van der Waals surface area (Å²) in [5.41, 5.74) is 0. The molecule has 0 saturated heterocycles. The minimum Gasteiger partial charge on any atom is -0.0658 e. The predicted molar refractivity (Wildman–Crippen MR) is 75.8 cm³/mol. The summed E-state index contributed by atoms with van der Waals surface area (Å²) in [4.78, 5) is 0. The highest BCUT2D eigenvalue weighted by atomic mass is 28.1. The maximum Gasteiger partial charge on any atom is 0.00279 e. The molecule has 0 unspecified atom stereocenters. The van der Waals surface area contributed by atoms with Crippen LogP contribution in [0.4, 0.5) is 0 Å². The molecule has 0 atom stereocenters. The van der Waals surface area contributed by atoms with Crippen molar-refractivity contribution in [2.75, 3.05) is 0 Å². The van der Waals surface area contributed by atoms with Gasteiger partial charge in [0.25, 0.3) is 0 Å². The molecule has 0 fully saturated rings. The van der Waals surface area contributed by atoms with Gasteiger partial charge in [0, 0.05) is 10.2 Å². The smallest absolute Gasteiger partial charge is 0.00279 e. The van der Waals surface area contributed by atoms with Crippen molar-refractivity contribution in [2.24, 2.45) is 0 Å². The Labute approximate surface area is 101 Å². The summed E-state index contributed by atoms with van der Waals surface area (Å²) in [6, 6.07) is 1.51. The number of hydrogen-bond acceptors (Lipinski definition) is 0. The molecule has 0 saturated carbocycles. The standard InChI is InChI=1S/C14H32Si/c1-2-3-4-5-6-7-8-9-10-11-12-13-14-15/h2-14H2,1,15H3. The van der Waals surface area contributed by atoms with E-state index in [1.165, 1.54) is 93.3 Å². The molecule has 0 spiro atoms. The predicted octanol–water partition coefficient (Wildman–Crippen LogP) is 4.47. The molecule has 15 heavy (non-hydrogen) atoms. The lowest BCUT2D eigenvalue weighted by Crippen LogP contribution is -1.82. The summed E-state index contributed by atoms with van der Waals surface area (Å²) >= 11 is 0. The fourth-order valence-corrected chi connectivity index (χ4v) is 2.59. The van der Waals surface area contributed by atoms with Crippen LogP contribution in [0.2, 0.25) is 6.04 Å². The number of hydrogen-bond donors (Lipinski definition) is 0. The lowest BCUT2D eigenvalue weighted by Gasteiger charge is -2.01. The molecule has 1 heteroatoms. The van der Waals surface area contributed by atoms with E-state index < -0.39 is 0 Å². The van der Waals surface area contributed by atoms with Crippen LogP contribution < -0.4 is 0 Å². The molecule has 0 aromatic rings. The average Bonchev–Trinajstić information content (AvgIpc) is 2.26. The van der Waals surface area contributed by atoms with E-state index in [2.05, 4.69) is 6.92 Å². The van der Waals surface area contributed by atoms with Crippen LogP contribution in [-0.4, -0.2) is 10.2 Å². The van der Waals surface area contributed by atoms with Gasteiger partial charge in [0.05, 0.1) is 0 Å². The molecule has 0 aliphatic heterocycles. The summed E-state index contributed by atoms with van der Waals surface area (Å²) in [6.45, 7) is 2.29. The third-order valence-electron chi connectivity index (χ3n) is 3.21. The molecule has 0 aliphatic carbocycles. The molecule has 0 aliphatic rings. The third-order valence-corrected chi connectivity index (χ3v) is 3.91. The Morgan fingerprint density at radius 3 is 1.20 bits per heavy atom. The zero-order valence-corrected chi connectivity index (χ0v) is 13.2. The van der Waals surface area contributed by atoms with Gasteiger partial charge in [0.1, 0.15) is 0 Å². The van der Waals surface area contributed by atoms with Gasteiger partial charge in [-0.15, -0.1) is 0 Å². The second-order valence-corrected chi connectivity index (χ2v) is 5.89. The molecule has 0 aromatic carbocycles. The van der Waals surface area contributed by atoms with Crippen molar-refractivity contribution in [3.63, 3.8) is 0 Å². The Morgan fingerprint density at radius 2 is 0.867 bits per heavy atom. The highest BCUT2D eigenvalue weighted by Gasteiger charge is 1.92. The Balaban J connectivity index is 2.81. The Hall–Kier alpha value is 0.217. The first-order valence-corrected chi connectivity index (χ1v) is 8.83. The molecule has 0 heterocycles. The Bertz CT molecular complexity index is 89.5. The van der Waals surface area contributed by atoms with Crippen LogP contribution in [0.5, 0.6) is 0 Å². The highest BCUT2D eigenvalue weighted by molar-refractivity contribution is 6.08. The summed E-state index contributed by atoms with van der Waals surface area (Å²) in [7, 11) is 1.41. The SMILES string of the molecule is CCCCCCCCCCCCCC[SiH3]. The van der Waals surface area contributed by atoms with Gasteiger partial charge < -0.3 is 0 Å². The minimum atomic E-state index is 1.38. The van der Waals surface area contributed by atoms with E-state index in [-0.39, 0.29) is 0 Å². The maximum absolute atomic E-state index is 2.29. The molecular weight excluding hydrogens is 196 g/mol. The summed E-state index contributed by atoms with van der Waals surface area (Å²) in [5, 5.41) is 0. The quantitative estimate of drug-likeness (QED) is 0.341. The summed E-state index contributed by atoms with van der Waals surface area (Å²) < 4.78 is 0. The average molecular weight is 228 g/mol. The first kappa shape index (κ1) is 15.2. The van der Waals surface area contributed by atoms with Crippen molar-refractivity contribution >= 4 is 10.2 Å². The highest BCUT2D eigenvalue weighted by Crippen LogP contribution is 2.11. The van der Waals surface area contributed by atoms with Crippen LogP contribution >= 0.6 is 0 Å². The largest absolute Gasteiger partial charge is 0.0658 e. The van der Waals surface area contributed by atoms with E-state index >= 15 is 0 Å². The first-order valence-electron chi connectivity index (χ1n) is 7.41. The fraction of sp³-hybridized carbons (Fsp3) is 1.00. The summed E-state index contributed by atoms with van der Waals surface area (Å²) in [5.74, 6) is 0. The second kappa shape index (κ2) is 14.2. The molecule has 0 radical (unpaired) electrons. The van der Waals surface area contributed by atoms with Gasteiger partial charge in [0.15, 0.2) is 0 Å². The zero-order chi connectivity index (χ0) is 11.2. The minimum absolute atomic E-state index is 1.38. The van der Waals surface area contributed by atoms with Crippen LogP contribution in [0.15, 0.2) is 0 Å². The Kier molecular flexibility index (Phi) is 14.4. The van der Waals surface area contributed by atoms with Crippen LogP contribution in [0.25, 0.3) is 0 Å². The molecule has 92 valence electrons.